The Kier molecular flexibility index (Phi) is 4.61. The number of anilines is 3. The fraction of sp³-hybridized carbons (Fsp3) is 0.235. The number of hydrogen-bond donors (Lipinski definition) is 2. The average Bonchev–Trinajstić information content (AvgIpc) is 2.61. The number of oxime groups is 1. The maximum Gasteiger partial charge on any atom is 0.148 e. The average molecular weight is 314 g/mol. The minimum absolute atomic E-state index is 0.283. The molecule has 1 aliphatic heterocycles. The lowest BCUT2D eigenvalue weighted by Gasteiger charge is -2.37. The van der Waals surface area contributed by atoms with Gasteiger partial charge in [0, 0.05) is 37.6 Å². The number of halogens is 1. The molecule has 2 N–H and O–H groups in total. The smallest absolute Gasteiger partial charge is 0.148 e. The molecule has 0 unspecified atom stereocenters. The molecule has 1 saturated heterocycles. The number of nitrogens with zero attached hydrogens (tertiary/aromatic N) is 3. The lowest BCUT2D eigenvalue weighted by Crippen LogP contribution is -2.46. The number of hydrogen-bond acceptors (Lipinski definition) is 4. The fourth-order valence-electron chi connectivity index (χ4n) is 2.80. The minimum atomic E-state index is -0.283. The minimum Gasteiger partial charge on any atom is -0.410 e. The van der Waals surface area contributed by atoms with Crippen molar-refractivity contribution in [2.45, 2.75) is 0 Å². The van der Waals surface area contributed by atoms with Crippen LogP contribution in [0.15, 0.2) is 53.7 Å². The van der Waals surface area contributed by atoms with Crippen LogP contribution >= 0.6 is 0 Å². The molecule has 5 nitrogen and oxygen atoms in total. The Morgan fingerprint density at radius 3 is 2.35 bits per heavy atom. The quantitative estimate of drug-likeness (QED) is 0.394. The van der Waals surface area contributed by atoms with Crippen molar-refractivity contribution in [3.63, 3.8) is 0 Å². The maximum absolute atomic E-state index is 14.3. The van der Waals surface area contributed by atoms with Crippen molar-refractivity contribution in [3.05, 3.63) is 54.3 Å². The third kappa shape index (κ3) is 3.53. The Morgan fingerprint density at radius 1 is 1.00 bits per heavy atom. The Bertz CT molecular complexity index is 670. The van der Waals surface area contributed by atoms with Crippen molar-refractivity contribution in [2.24, 2.45) is 5.16 Å². The van der Waals surface area contributed by atoms with Crippen LogP contribution in [0.2, 0.25) is 0 Å². The number of benzene rings is 2. The molecule has 1 aliphatic rings. The first-order valence-corrected chi connectivity index (χ1v) is 7.55. The second-order valence-electron chi connectivity index (χ2n) is 5.36. The van der Waals surface area contributed by atoms with Gasteiger partial charge in [-0.1, -0.05) is 23.4 Å². The summed E-state index contributed by atoms with van der Waals surface area (Å²) >= 11 is 0. The van der Waals surface area contributed by atoms with E-state index in [1.54, 1.807) is 12.1 Å². The van der Waals surface area contributed by atoms with Crippen LogP contribution in [0.4, 0.5) is 21.5 Å². The zero-order valence-corrected chi connectivity index (χ0v) is 12.7. The summed E-state index contributed by atoms with van der Waals surface area (Å²) in [5.74, 6) is -0.283. The summed E-state index contributed by atoms with van der Waals surface area (Å²) in [4.78, 5) is 4.36. The second-order valence-corrected chi connectivity index (χ2v) is 5.36. The van der Waals surface area contributed by atoms with Crippen LogP contribution in [0.25, 0.3) is 0 Å². The molecule has 6 heteroatoms. The van der Waals surface area contributed by atoms with E-state index < -0.39 is 0 Å². The molecule has 0 atom stereocenters. The molecule has 0 aromatic heterocycles. The van der Waals surface area contributed by atoms with E-state index in [0.29, 0.717) is 11.4 Å². The van der Waals surface area contributed by atoms with Crippen molar-refractivity contribution in [1.82, 2.24) is 0 Å². The van der Waals surface area contributed by atoms with Gasteiger partial charge < -0.3 is 20.3 Å². The highest BCUT2D eigenvalue weighted by Gasteiger charge is 2.19. The summed E-state index contributed by atoms with van der Waals surface area (Å²) in [7, 11) is 0. The van der Waals surface area contributed by atoms with Gasteiger partial charge in [0.05, 0.1) is 5.69 Å². The normalized spacial score (nSPS) is 15.2. The van der Waals surface area contributed by atoms with Crippen LogP contribution in [-0.2, 0) is 0 Å². The summed E-state index contributed by atoms with van der Waals surface area (Å²) in [6.07, 6.45) is 1.10. The summed E-state index contributed by atoms with van der Waals surface area (Å²) in [6.45, 7) is 3.27. The highest BCUT2D eigenvalue weighted by atomic mass is 19.1. The topological polar surface area (TPSA) is 51.1 Å². The third-order valence-corrected chi connectivity index (χ3v) is 3.98. The van der Waals surface area contributed by atoms with Crippen molar-refractivity contribution >= 4 is 23.4 Å². The predicted octanol–water partition coefficient (Wildman–Crippen LogP) is 2.98. The zero-order chi connectivity index (χ0) is 16.1. The molecule has 1 fully saturated rings. The number of piperazine rings is 1. The highest BCUT2D eigenvalue weighted by Crippen LogP contribution is 2.25. The number of para-hydroxylation sites is 1. The van der Waals surface area contributed by atoms with Crippen LogP contribution in [0.5, 0.6) is 0 Å². The van der Waals surface area contributed by atoms with E-state index in [1.165, 1.54) is 11.8 Å². The molecule has 23 heavy (non-hydrogen) atoms. The Morgan fingerprint density at radius 2 is 1.70 bits per heavy atom. The SMILES string of the molecule is O/N=C/Nc1ccc(N2CCN(c3ccccc3)CC2)c(F)c1. The molecule has 1 heterocycles. The molecule has 0 spiro atoms. The van der Waals surface area contributed by atoms with Crippen LogP contribution in [0, 0.1) is 5.82 Å². The molecule has 0 bridgehead atoms. The van der Waals surface area contributed by atoms with E-state index in [-0.39, 0.29) is 5.82 Å². The summed E-state index contributed by atoms with van der Waals surface area (Å²) < 4.78 is 14.3. The predicted molar refractivity (Wildman–Crippen MR) is 91.2 cm³/mol. The van der Waals surface area contributed by atoms with Crippen molar-refractivity contribution < 1.29 is 9.60 Å². The molecule has 0 radical (unpaired) electrons. The van der Waals surface area contributed by atoms with E-state index in [4.69, 9.17) is 5.21 Å². The van der Waals surface area contributed by atoms with Crippen LogP contribution < -0.4 is 15.1 Å². The molecular weight excluding hydrogens is 295 g/mol. The van der Waals surface area contributed by atoms with Gasteiger partial charge in [-0.3, -0.25) is 0 Å². The standard InChI is InChI=1S/C17H19FN4O/c18-16-12-14(19-13-20-23)6-7-17(16)22-10-8-21(9-11-22)15-4-2-1-3-5-15/h1-7,12-13,23H,8-11H2,(H,19,20). The van der Waals surface area contributed by atoms with Gasteiger partial charge >= 0.3 is 0 Å². The third-order valence-electron chi connectivity index (χ3n) is 3.98. The summed E-state index contributed by atoms with van der Waals surface area (Å²) in [6, 6.07) is 15.2. The van der Waals surface area contributed by atoms with E-state index >= 15 is 0 Å². The van der Waals surface area contributed by atoms with Gasteiger partial charge in [-0.2, -0.15) is 0 Å². The monoisotopic (exact) mass is 314 g/mol. The molecule has 120 valence electrons. The Hall–Kier alpha value is -2.76. The molecule has 2 aromatic carbocycles. The fourth-order valence-corrected chi connectivity index (χ4v) is 2.80. The van der Waals surface area contributed by atoms with Gasteiger partial charge in [0.2, 0.25) is 0 Å². The first-order valence-electron chi connectivity index (χ1n) is 7.55. The van der Waals surface area contributed by atoms with Gasteiger partial charge in [-0.15, -0.1) is 0 Å². The number of rotatable bonds is 4. The summed E-state index contributed by atoms with van der Waals surface area (Å²) in [5, 5.41) is 13.9. The molecule has 0 saturated carbocycles. The van der Waals surface area contributed by atoms with Crippen molar-refractivity contribution in [2.75, 3.05) is 41.3 Å². The van der Waals surface area contributed by atoms with Crippen LogP contribution in [-0.4, -0.2) is 37.7 Å². The van der Waals surface area contributed by atoms with Gasteiger partial charge in [0.25, 0.3) is 0 Å². The zero-order valence-electron chi connectivity index (χ0n) is 12.7. The van der Waals surface area contributed by atoms with Gasteiger partial charge in [-0.05, 0) is 30.3 Å². The van der Waals surface area contributed by atoms with E-state index in [0.717, 1.165) is 32.5 Å². The Labute approximate surface area is 134 Å². The van der Waals surface area contributed by atoms with Crippen molar-refractivity contribution in [1.29, 1.82) is 0 Å². The van der Waals surface area contributed by atoms with Crippen LogP contribution in [0.1, 0.15) is 0 Å². The van der Waals surface area contributed by atoms with Crippen molar-refractivity contribution in [3.8, 4) is 0 Å². The lowest BCUT2D eigenvalue weighted by atomic mass is 10.2. The molecule has 3 rings (SSSR count). The van der Waals surface area contributed by atoms with E-state index in [2.05, 4.69) is 32.4 Å². The Balaban J connectivity index is 1.65. The van der Waals surface area contributed by atoms with Crippen LogP contribution in [0.3, 0.4) is 0 Å². The molecule has 0 aliphatic carbocycles. The number of nitrogens with one attached hydrogen (secondary N) is 1. The largest absolute Gasteiger partial charge is 0.410 e. The molecule has 0 amide bonds. The van der Waals surface area contributed by atoms with Gasteiger partial charge in [-0.25, -0.2) is 4.39 Å². The molecular formula is C17H19FN4O. The first kappa shape index (κ1) is 15.1. The lowest BCUT2D eigenvalue weighted by molar-refractivity contribution is 0.321. The van der Waals surface area contributed by atoms with E-state index in [1.807, 2.05) is 18.2 Å². The highest BCUT2D eigenvalue weighted by molar-refractivity contribution is 5.76. The second kappa shape index (κ2) is 7.00. The van der Waals surface area contributed by atoms with Gasteiger partial charge in [0.1, 0.15) is 12.2 Å². The summed E-state index contributed by atoms with van der Waals surface area (Å²) in [5.41, 5.74) is 2.35. The first-order chi connectivity index (χ1) is 11.3. The van der Waals surface area contributed by atoms with E-state index in [9.17, 15) is 4.39 Å². The molecule has 2 aromatic rings. The maximum atomic E-state index is 14.3. The van der Waals surface area contributed by atoms with Gasteiger partial charge in [0.15, 0.2) is 0 Å².